The van der Waals surface area contributed by atoms with Crippen molar-refractivity contribution in [2.45, 2.75) is 13.0 Å². The first-order valence-electron chi connectivity index (χ1n) is 5.30. The highest BCUT2D eigenvalue weighted by molar-refractivity contribution is 7.94. The van der Waals surface area contributed by atoms with Crippen molar-refractivity contribution in [1.29, 1.82) is 0 Å². The summed E-state index contributed by atoms with van der Waals surface area (Å²) in [6, 6.07) is 4.31. The van der Waals surface area contributed by atoms with Gasteiger partial charge in [-0.1, -0.05) is 18.2 Å². The molecule has 7 heteroatoms. The number of sulfone groups is 1. The number of aryl methyl sites for hydroxylation is 1. The molecule has 1 unspecified atom stereocenters. The van der Waals surface area contributed by atoms with Crippen LogP contribution in [0.2, 0.25) is 0 Å². The van der Waals surface area contributed by atoms with Gasteiger partial charge in [-0.25, -0.2) is 8.42 Å². The van der Waals surface area contributed by atoms with Crippen LogP contribution in [0, 0.1) is 17.0 Å². The average molecular weight is 268 g/mol. The van der Waals surface area contributed by atoms with Crippen LogP contribution < -0.4 is 5.32 Å². The highest BCUT2D eigenvalue weighted by atomic mass is 32.2. The molecule has 1 aromatic rings. The number of rotatable bonds is 3. The van der Waals surface area contributed by atoms with E-state index >= 15 is 0 Å². The molecule has 0 fully saturated rings. The molecule has 0 saturated heterocycles. The number of anilines is 1. The van der Waals surface area contributed by atoms with Gasteiger partial charge in [0, 0.05) is 11.5 Å². The monoisotopic (exact) mass is 268 g/mol. The van der Waals surface area contributed by atoms with E-state index in [-0.39, 0.29) is 11.4 Å². The molecule has 2 rings (SSSR count). The maximum absolute atomic E-state index is 11.3. The number of benzene rings is 1. The first-order valence-corrected chi connectivity index (χ1v) is 7.02. The molecule has 0 amide bonds. The lowest BCUT2D eigenvalue weighted by molar-refractivity contribution is -0.384. The summed E-state index contributed by atoms with van der Waals surface area (Å²) in [6.07, 6.45) is 1.51. The van der Waals surface area contributed by atoms with Gasteiger partial charge in [-0.05, 0) is 12.5 Å². The van der Waals surface area contributed by atoms with E-state index in [0.717, 1.165) is 5.41 Å². The fourth-order valence-corrected chi connectivity index (χ4v) is 3.08. The second-order valence-corrected chi connectivity index (χ2v) is 6.07. The second-order valence-electron chi connectivity index (χ2n) is 4.14. The summed E-state index contributed by atoms with van der Waals surface area (Å²) in [5.74, 6) is -0.0709. The molecule has 1 heterocycles. The predicted octanol–water partition coefficient (Wildman–Crippen LogP) is 1.63. The molecule has 1 aliphatic rings. The lowest BCUT2D eigenvalue weighted by Gasteiger charge is -2.13. The number of para-hydroxylation sites is 1. The number of hydrogen-bond acceptors (Lipinski definition) is 5. The standard InChI is InChI=1S/C11H12N2O4S/c1-8-3-2-4-10(13(14)15)11(8)12-9-5-6-18(16,17)7-9/h2-6,9,12H,7H2,1H3. The van der Waals surface area contributed by atoms with Gasteiger partial charge in [-0.3, -0.25) is 10.1 Å². The zero-order valence-corrected chi connectivity index (χ0v) is 10.5. The van der Waals surface area contributed by atoms with Crippen molar-refractivity contribution < 1.29 is 13.3 Å². The van der Waals surface area contributed by atoms with E-state index in [0.29, 0.717) is 11.3 Å². The van der Waals surface area contributed by atoms with Crippen molar-refractivity contribution in [3.05, 3.63) is 45.4 Å². The van der Waals surface area contributed by atoms with Crippen LogP contribution in [0.3, 0.4) is 0 Å². The van der Waals surface area contributed by atoms with E-state index in [4.69, 9.17) is 0 Å². The molecule has 1 aliphatic heterocycles. The van der Waals surface area contributed by atoms with E-state index in [2.05, 4.69) is 5.32 Å². The topological polar surface area (TPSA) is 89.3 Å². The molecule has 0 saturated carbocycles. The highest BCUT2D eigenvalue weighted by Crippen LogP contribution is 2.29. The SMILES string of the molecule is Cc1cccc([N+](=O)[O-])c1NC1C=CS(=O)(=O)C1. The third-order valence-electron chi connectivity index (χ3n) is 2.71. The molecular weight excluding hydrogens is 256 g/mol. The van der Waals surface area contributed by atoms with Crippen LogP contribution in [-0.4, -0.2) is 25.1 Å². The van der Waals surface area contributed by atoms with Crippen molar-refractivity contribution in [1.82, 2.24) is 0 Å². The van der Waals surface area contributed by atoms with E-state index in [1.165, 1.54) is 12.1 Å². The number of nitro benzene ring substituents is 1. The van der Waals surface area contributed by atoms with Crippen molar-refractivity contribution in [2.75, 3.05) is 11.1 Å². The summed E-state index contributed by atoms with van der Waals surface area (Å²) in [5.41, 5.74) is 1.03. The Morgan fingerprint density at radius 2 is 2.17 bits per heavy atom. The van der Waals surface area contributed by atoms with E-state index in [1.807, 2.05) is 0 Å². The van der Waals surface area contributed by atoms with Crippen molar-refractivity contribution in [3.8, 4) is 0 Å². The zero-order chi connectivity index (χ0) is 13.3. The summed E-state index contributed by atoms with van der Waals surface area (Å²) in [7, 11) is -3.17. The number of hydrogen-bond donors (Lipinski definition) is 1. The van der Waals surface area contributed by atoms with Crippen LogP contribution in [0.5, 0.6) is 0 Å². The van der Waals surface area contributed by atoms with Gasteiger partial charge in [0.25, 0.3) is 5.69 Å². The van der Waals surface area contributed by atoms with Gasteiger partial charge in [0.05, 0.1) is 16.7 Å². The average Bonchev–Trinajstić information content (AvgIpc) is 2.61. The zero-order valence-electron chi connectivity index (χ0n) is 9.66. The smallest absolute Gasteiger partial charge is 0.292 e. The molecular formula is C11H12N2O4S. The molecule has 18 heavy (non-hydrogen) atoms. The van der Waals surface area contributed by atoms with Crippen LogP contribution in [0.4, 0.5) is 11.4 Å². The van der Waals surface area contributed by atoms with Crippen molar-refractivity contribution in [3.63, 3.8) is 0 Å². The lowest BCUT2D eigenvalue weighted by atomic mass is 10.1. The fourth-order valence-electron chi connectivity index (χ4n) is 1.84. The Morgan fingerprint density at radius 3 is 2.72 bits per heavy atom. The van der Waals surface area contributed by atoms with Crippen molar-refractivity contribution in [2.24, 2.45) is 0 Å². The van der Waals surface area contributed by atoms with Crippen LogP contribution >= 0.6 is 0 Å². The lowest BCUT2D eigenvalue weighted by Crippen LogP contribution is -2.22. The van der Waals surface area contributed by atoms with Gasteiger partial charge < -0.3 is 5.32 Å². The molecule has 1 aromatic carbocycles. The minimum Gasteiger partial charge on any atom is -0.372 e. The third kappa shape index (κ3) is 2.51. The van der Waals surface area contributed by atoms with E-state index < -0.39 is 20.8 Å². The minimum atomic E-state index is -3.17. The van der Waals surface area contributed by atoms with Gasteiger partial charge in [0.15, 0.2) is 9.84 Å². The molecule has 0 radical (unpaired) electrons. The highest BCUT2D eigenvalue weighted by Gasteiger charge is 2.24. The molecule has 0 bridgehead atoms. The normalized spacial score (nSPS) is 20.8. The number of nitrogens with one attached hydrogen (secondary N) is 1. The Hall–Kier alpha value is -1.89. The van der Waals surface area contributed by atoms with E-state index in [1.54, 1.807) is 19.1 Å². The van der Waals surface area contributed by atoms with Crippen LogP contribution in [-0.2, 0) is 9.84 Å². The summed E-state index contributed by atoms with van der Waals surface area (Å²) in [4.78, 5) is 10.4. The molecule has 0 aliphatic carbocycles. The summed E-state index contributed by atoms with van der Waals surface area (Å²) >= 11 is 0. The maximum atomic E-state index is 11.3. The van der Waals surface area contributed by atoms with Gasteiger partial charge in [0.2, 0.25) is 0 Å². The molecule has 6 nitrogen and oxygen atoms in total. The number of nitro groups is 1. The molecule has 96 valence electrons. The van der Waals surface area contributed by atoms with Gasteiger partial charge in [-0.2, -0.15) is 0 Å². The first-order chi connectivity index (χ1) is 8.39. The van der Waals surface area contributed by atoms with Gasteiger partial charge in [-0.15, -0.1) is 0 Å². The maximum Gasteiger partial charge on any atom is 0.292 e. The van der Waals surface area contributed by atoms with Crippen LogP contribution in [0.1, 0.15) is 5.56 Å². The molecule has 1 atom stereocenters. The molecule has 0 spiro atoms. The summed E-state index contributed by atoms with van der Waals surface area (Å²) in [5, 5.41) is 14.9. The number of nitrogens with zero attached hydrogens (tertiary/aromatic N) is 1. The Labute approximate surface area is 104 Å². The minimum absolute atomic E-state index is 0.0484. The molecule has 1 N–H and O–H groups in total. The van der Waals surface area contributed by atoms with Crippen LogP contribution in [0.15, 0.2) is 29.7 Å². The Bertz CT molecular complexity index is 622. The van der Waals surface area contributed by atoms with E-state index in [9.17, 15) is 18.5 Å². The summed E-state index contributed by atoms with van der Waals surface area (Å²) in [6.45, 7) is 1.74. The third-order valence-corrected chi connectivity index (χ3v) is 4.10. The Kier molecular flexibility index (Phi) is 3.08. The fraction of sp³-hybridized carbons (Fsp3) is 0.273. The quantitative estimate of drug-likeness (QED) is 0.664. The molecule has 0 aromatic heterocycles. The van der Waals surface area contributed by atoms with Gasteiger partial charge >= 0.3 is 0 Å². The van der Waals surface area contributed by atoms with Crippen LogP contribution in [0.25, 0.3) is 0 Å². The van der Waals surface area contributed by atoms with Crippen molar-refractivity contribution >= 4 is 21.2 Å². The van der Waals surface area contributed by atoms with Gasteiger partial charge in [0.1, 0.15) is 5.69 Å². The predicted molar refractivity (Wildman–Crippen MR) is 68.2 cm³/mol. The Morgan fingerprint density at radius 1 is 1.44 bits per heavy atom. The second kappa shape index (κ2) is 4.41. The Balaban J connectivity index is 2.30. The first kappa shape index (κ1) is 12.6. The largest absolute Gasteiger partial charge is 0.372 e. The summed E-state index contributed by atoms with van der Waals surface area (Å²) < 4.78 is 22.5.